The molecule has 1 aromatic carbocycles. The van der Waals surface area contributed by atoms with E-state index in [4.69, 9.17) is 4.74 Å². The summed E-state index contributed by atoms with van der Waals surface area (Å²) in [6.45, 7) is 2.85. The van der Waals surface area contributed by atoms with Gasteiger partial charge in [0.2, 0.25) is 0 Å². The van der Waals surface area contributed by atoms with Gasteiger partial charge >= 0.3 is 0 Å². The highest BCUT2D eigenvalue weighted by Crippen LogP contribution is 2.52. The van der Waals surface area contributed by atoms with Gasteiger partial charge in [0.15, 0.2) is 0 Å². The largest absolute Gasteiger partial charge is 0.378 e. The lowest BCUT2D eigenvalue weighted by Crippen LogP contribution is -2.50. The molecule has 0 unspecified atom stereocenters. The van der Waals surface area contributed by atoms with Crippen LogP contribution in [0.5, 0.6) is 0 Å². The monoisotopic (exact) mass is 422 g/mol. The molecule has 0 saturated carbocycles. The van der Waals surface area contributed by atoms with Crippen molar-refractivity contribution < 1.29 is 9.53 Å². The first-order valence-electron chi connectivity index (χ1n) is 10.4. The number of aromatic amines is 1. The molecule has 2 aliphatic rings. The number of methoxy groups -OCH3 is 1. The number of fused-ring (bicyclic) bond motifs is 2. The van der Waals surface area contributed by atoms with Crippen LogP contribution in [-0.4, -0.2) is 47.3 Å². The zero-order valence-corrected chi connectivity index (χ0v) is 17.8. The summed E-state index contributed by atoms with van der Waals surface area (Å²) in [5.74, 6) is -0.0272. The highest BCUT2D eigenvalue weighted by atomic mass is 32.1. The number of carbonyl (C=O) groups excluding carboxylic acids is 1. The van der Waals surface area contributed by atoms with E-state index in [0.717, 1.165) is 43.0 Å². The minimum absolute atomic E-state index is 0.0272. The molecule has 3 aromatic rings. The van der Waals surface area contributed by atoms with E-state index >= 15 is 0 Å². The number of hydrogen-bond acceptors (Lipinski definition) is 5. The van der Waals surface area contributed by atoms with Gasteiger partial charge < -0.3 is 10.1 Å². The third-order valence-corrected chi connectivity index (χ3v) is 7.53. The van der Waals surface area contributed by atoms with Crippen LogP contribution in [0.3, 0.4) is 0 Å². The Morgan fingerprint density at radius 2 is 2.10 bits per heavy atom. The number of thiophene rings is 1. The van der Waals surface area contributed by atoms with Gasteiger partial charge in [0.25, 0.3) is 5.91 Å². The summed E-state index contributed by atoms with van der Waals surface area (Å²) >= 11 is 1.47. The maximum Gasteiger partial charge on any atom is 0.261 e. The van der Waals surface area contributed by atoms with Gasteiger partial charge in [-0.3, -0.25) is 14.8 Å². The van der Waals surface area contributed by atoms with E-state index in [-0.39, 0.29) is 23.5 Å². The first-order chi connectivity index (χ1) is 14.7. The summed E-state index contributed by atoms with van der Waals surface area (Å²) in [6.07, 6.45) is 3.73. The summed E-state index contributed by atoms with van der Waals surface area (Å²) in [6, 6.07) is 14.2. The molecule has 0 bridgehead atoms. The number of likely N-dealkylation sites (tertiary alicyclic amines) is 1. The van der Waals surface area contributed by atoms with Crippen molar-refractivity contribution in [3.05, 3.63) is 75.7 Å². The zero-order valence-electron chi connectivity index (χ0n) is 17.0. The molecule has 5 rings (SSSR count). The molecule has 1 aliphatic heterocycles. The van der Waals surface area contributed by atoms with Crippen LogP contribution in [0.1, 0.15) is 45.4 Å². The Morgan fingerprint density at radius 1 is 1.27 bits per heavy atom. The molecule has 1 amide bonds. The molecule has 1 spiro atoms. The van der Waals surface area contributed by atoms with Crippen LogP contribution in [0.15, 0.2) is 54.0 Å². The van der Waals surface area contributed by atoms with Gasteiger partial charge in [-0.1, -0.05) is 30.3 Å². The average Bonchev–Trinajstić information content (AvgIpc) is 3.52. The maximum absolute atomic E-state index is 12.9. The van der Waals surface area contributed by atoms with Crippen LogP contribution < -0.4 is 5.32 Å². The topological polar surface area (TPSA) is 70.2 Å². The van der Waals surface area contributed by atoms with Crippen molar-refractivity contribution in [1.29, 1.82) is 0 Å². The Balaban J connectivity index is 1.40. The fourth-order valence-electron chi connectivity index (χ4n) is 5.27. The summed E-state index contributed by atoms with van der Waals surface area (Å²) in [5, 5.41) is 12.3. The Labute approximate surface area is 180 Å². The van der Waals surface area contributed by atoms with Gasteiger partial charge in [-0.2, -0.15) is 5.10 Å². The van der Waals surface area contributed by atoms with E-state index in [9.17, 15) is 4.79 Å². The van der Waals surface area contributed by atoms with E-state index < -0.39 is 0 Å². The highest BCUT2D eigenvalue weighted by molar-refractivity contribution is 7.12. The van der Waals surface area contributed by atoms with Crippen LogP contribution >= 0.6 is 11.3 Å². The lowest BCUT2D eigenvalue weighted by molar-refractivity contribution is -0.0123. The molecule has 3 heterocycles. The first-order valence-corrected chi connectivity index (χ1v) is 11.3. The van der Waals surface area contributed by atoms with Crippen molar-refractivity contribution in [2.24, 2.45) is 0 Å². The number of rotatable bonds is 5. The molecular formula is C23H26N4O2S. The van der Waals surface area contributed by atoms with E-state index in [1.807, 2.05) is 23.6 Å². The Hall–Kier alpha value is -2.48. The molecule has 0 radical (unpaired) electrons. The second-order valence-corrected chi connectivity index (χ2v) is 9.13. The molecule has 7 heteroatoms. The minimum Gasteiger partial charge on any atom is -0.378 e. The molecule has 1 fully saturated rings. The molecule has 2 atom stereocenters. The SMILES string of the molecule is CO[C@@H]1[C@@H](NC(=O)c2cccs2)c2ccccc2C12CCN(Cc1ccn[nH]1)CC2. The summed E-state index contributed by atoms with van der Waals surface area (Å²) in [7, 11) is 1.78. The molecule has 2 N–H and O–H groups in total. The summed E-state index contributed by atoms with van der Waals surface area (Å²) in [4.78, 5) is 16.1. The molecule has 1 saturated heterocycles. The fourth-order valence-corrected chi connectivity index (χ4v) is 5.90. The van der Waals surface area contributed by atoms with Crippen molar-refractivity contribution >= 4 is 17.2 Å². The Morgan fingerprint density at radius 3 is 2.80 bits per heavy atom. The van der Waals surface area contributed by atoms with E-state index in [2.05, 4.69) is 44.7 Å². The number of amides is 1. The summed E-state index contributed by atoms with van der Waals surface area (Å²) in [5.41, 5.74) is 3.58. The predicted octanol–water partition coefficient (Wildman–Crippen LogP) is 3.50. The Kier molecular flexibility index (Phi) is 5.18. The van der Waals surface area contributed by atoms with Gasteiger partial charge in [-0.25, -0.2) is 0 Å². The number of hydrogen-bond donors (Lipinski definition) is 2. The van der Waals surface area contributed by atoms with Crippen LogP contribution in [-0.2, 0) is 16.7 Å². The number of benzene rings is 1. The zero-order chi connectivity index (χ0) is 20.6. The van der Waals surface area contributed by atoms with Gasteiger partial charge in [0.05, 0.1) is 17.0 Å². The van der Waals surface area contributed by atoms with Crippen molar-refractivity contribution in [1.82, 2.24) is 20.4 Å². The smallest absolute Gasteiger partial charge is 0.261 e. The second-order valence-electron chi connectivity index (χ2n) is 8.19. The van der Waals surface area contributed by atoms with Crippen molar-refractivity contribution in [3.63, 3.8) is 0 Å². The van der Waals surface area contributed by atoms with Crippen molar-refractivity contribution in [3.8, 4) is 0 Å². The number of H-pyrrole nitrogens is 1. The number of nitrogens with one attached hydrogen (secondary N) is 2. The maximum atomic E-state index is 12.9. The number of aromatic nitrogens is 2. The number of nitrogens with zero attached hydrogens (tertiary/aromatic N) is 2. The van der Waals surface area contributed by atoms with E-state index in [0.29, 0.717) is 0 Å². The Bertz CT molecular complexity index is 994. The lowest BCUT2D eigenvalue weighted by Gasteiger charge is -2.44. The molecular weight excluding hydrogens is 396 g/mol. The number of ether oxygens (including phenoxy) is 1. The van der Waals surface area contributed by atoms with Crippen LogP contribution in [0.2, 0.25) is 0 Å². The molecule has 30 heavy (non-hydrogen) atoms. The molecule has 6 nitrogen and oxygen atoms in total. The van der Waals surface area contributed by atoms with Crippen LogP contribution in [0.25, 0.3) is 0 Å². The highest BCUT2D eigenvalue weighted by Gasteiger charge is 2.54. The van der Waals surface area contributed by atoms with Gasteiger partial charge in [0.1, 0.15) is 0 Å². The van der Waals surface area contributed by atoms with E-state index in [1.165, 1.54) is 22.5 Å². The van der Waals surface area contributed by atoms with Gasteiger partial charge in [-0.15, -0.1) is 11.3 Å². The molecule has 1 aliphatic carbocycles. The van der Waals surface area contributed by atoms with Crippen molar-refractivity contribution in [2.45, 2.75) is 36.9 Å². The number of carbonyl (C=O) groups is 1. The van der Waals surface area contributed by atoms with Crippen LogP contribution in [0.4, 0.5) is 0 Å². The molecule has 156 valence electrons. The standard InChI is InChI=1S/C23H26N4O2S/c1-29-21-20(25-22(28)19-7-4-14-30-19)17-5-2-3-6-18(17)23(21)9-12-27(13-10-23)15-16-8-11-24-26-16/h2-8,11,14,20-21H,9-10,12-13,15H2,1H3,(H,24,26)(H,25,28)/t20-,21+/m0/s1. The number of piperidine rings is 1. The third kappa shape index (κ3) is 3.27. The predicted molar refractivity (Wildman–Crippen MR) is 117 cm³/mol. The fraction of sp³-hybridized carbons (Fsp3) is 0.391. The van der Waals surface area contributed by atoms with Crippen molar-refractivity contribution in [2.75, 3.05) is 20.2 Å². The molecule has 2 aromatic heterocycles. The van der Waals surface area contributed by atoms with Gasteiger partial charge in [-0.05, 0) is 54.6 Å². The first kappa shape index (κ1) is 19.5. The quantitative estimate of drug-likeness (QED) is 0.660. The lowest BCUT2D eigenvalue weighted by atomic mass is 9.72. The van der Waals surface area contributed by atoms with E-state index in [1.54, 1.807) is 13.3 Å². The normalized spacial score (nSPS) is 22.8. The van der Waals surface area contributed by atoms with Crippen LogP contribution in [0, 0.1) is 0 Å². The minimum atomic E-state index is -0.139. The average molecular weight is 423 g/mol. The summed E-state index contributed by atoms with van der Waals surface area (Å²) < 4.78 is 6.11. The second kappa shape index (κ2) is 7.98. The van der Waals surface area contributed by atoms with Gasteiger partial charge in [0, 0.05) is 31.0 Å². The third-order valence-electron chi connectivity index (χ3n) is 6.67.